The molecule has 0 bridgehead atoms. The molecule has 0 N–H and O–H groups in total. The van der Waals surface area contributed by atoms with E-state index in [9.17, 15) is 4.79 Å². The summed E-state index contributed by atoms with van der Waals surface area (Å²) in [6.07, 6.45) is 1.45. The molecule has 24 heavy (non-hydrogen) atoms. The predicted molar refractivity (Wildman–Crippen MR) is 93.5 cm³/mol. The Bertz CT molecular complexity index is 1070. The molecule has 2 heterocycles. The third-order valence-electron chi connectivity index (χ3n) is 3.84. The van der Waals surface area contributed by atoms with Gasteiger partial charge in [0, 0.05) is 5.56 Å². The van der Waals surface area contributed by atoms with Crippen LogP contribution in [0, 0.1) is 0 Å². The Morgan fingerprint density at radius 3 is 2.50 bits per heavy atom. The molecule has 4 nitrogen and oxygen atoms in total. The lowest BCUT2D eigenvalue weighted by Gasteiger charge is -2.14. The van der Waals surface area contributed by atoms with Gasteiger partial charge < -0.3 is 13.6 Å². The van der Waals surface area contributed by atoms with Gasteiger partial charge in [0.2, 0.25) is 11.2 Å². The van der Waals surface area contributed by atoms with Crippen LogP contribution in [0.25, 0.3) is 33.3 Å². The zero-order chi connectivity index (χ0) is 16.7. The summed E-state index contributed by atoms with van der Waals surface area (Å²) in [7, 11) is 0. The second kappa shape index (κ2) is 5.57. The summed E-state index contributed by atoms with van der Waals surface area (Å²) in [5, 5.41) is 1.26. The van der Waals surface area contributed by atoms with E-state index in [-0.39, 0.29) is 17.3 Å². The van der Waals surface area contributed by atoms with Crippen LogP contribution in [-0.2, 0) is 0 Å². The summed E-state index contributed by atoms with van der Waals surface area (Å²) >= 11 is 0. The normalized spacial score (nSPS) is 11.5. The molecule has 0 fully saturated rings. The van der Waals surface area contributed by atoms with Crippen molar-refractivity contribution in [2.24, 2.45) is 0 Å². The number of rotatable bonds is 3. The molecule has 0 radical (unpaired) electrons. The second-order valence-electron chi connectivity index (χ2n) is 5.90. The van der Waals surface area contributed by atoms with E-state index in [0.29, 0.717) is 22.3 Å². The van der Waals surface area contributed by atoms with E-state index in [4.69, 9.17) is 13.6 Å². The van der Waals surface area contributed by atoms with E-state index >= 15 is 0 Å². The van der Waals surface area contributed by atoms with Crippen LogP contribution in [0.15, 0.2) is 68.4 Å². The van der Waals surface area contributed by atoms with Crippen LogP contribution in [0.5, 0.6) is 5.75 Å². The van der Waals surface area contributed by atoms with Crippen molar-refractivity contribution in [3.05, 3.63) is 65.0 Å². The third kappa shape index (κ3) is 2.27. The molecule has 0 unspecified atom stereocenters. The molecule has 120 valence electrons. The highest BCUT2D eigenvalue weighted by Crippen LogP contribution is 2.34. The van der Waals surface area contributed by atoms with Crippen LogP contribution >= 0.6 is 0 Å². The average molecular weight is 320 g/mol. The van der Waals surface area contributed by atoms with Gasteiger partial charge in [0.15, 0.2) is 5.76 Å². The number of ether oxygens (including phenoxy) is 1. The van der Waals surface area contributed by atoms with Crippen molar-refractivity contribution in [1.29, 1.82) is 0 Å². The van der Waals surface area contributed by atoms with Crippen molar-refractivity contribution < 1.29 is 13.6 Å². The summed E-state index contributed by atoms with van der Waals surface area (Å²) < 4.78 is 17.4. The van der Waals surface area contributed by atoms with Gasteiger partial charge in [-0.1, -0.05) is 30.3 Å². The minimum absolute atomic E-state index is 0.134. The Balaban J connectivity index is 2.12. The van der Waals surface area contributed by atoms with Crippen molar-refractivity contribution in [3.63, 3.8) is 0 Å². The van der Waals surface area contributed by atoms with Crippen molar-refractivity contribution in [2.45, 2.75) is 20.0 Å². The van der Waals surface area contributed by atoms with Gasteiger partial charge in [-0.25, -0.2) is 0 Å². The molecule has 4 rings (SSSR count). The van der Waals surface area contributed by atoms with E-state index < -0.39 is 0 Å². The van der Waals surface area contributed by atoms with E-state index in [1.54, 1.807) is 24.5 Å². The fourth-order valence-corrected chi connectivity index (χ4v) is 2.80. The maximum atomic E-state index is 13.0. The molecule has 0 aliphatic carbocycles. The monoisotopic (exact) mass is 320 g/mol. The zero-order valence-corrected chi connectivity index (χ0v) is 13.4. The molecule has 0 amide bonds. The lowest BCUT2D eigenvalue weighted by atomic mass is 10.1. The number of fused-ring (bicyclic) bond motifs is 3. The Hall–Kier alpha value is -3.01. The van der Waals surface area contributed by atoms with Crippen LogP contribution in [0.1, 0.15) is 13.8 Å². The fraction of sp³-hybridized carbons (Fsp3) is 0.150. The predicted octanol–water partition coefficient (Wildman–Crippen LogP) is 4.99. The fourth-order valence-electron chi connectivity index (χ4n) is 2.80. The summed E-state index contributed by atoms with van der Waals surface area (Å²) in [6.45, 7) is 3.77. The number of hydrogen-bond acceptors (Lipinski definition) is 4. The largest absolute Gasteiger partial charge is 0.484 e. The standard InChI is InChI=1S/C20H16O4/c1-12(2)23-20-17(21)15-8-9-16-14(10-11-22-16)19(15)24-18(20)13-6-4-3-5-7-13/h3-12H,1-2H3. The summed E-state index contributed by atoms with van der Waals surface area (Å²) in [6, 6.07) is 14.8. The Morgan fingerprint density at radius 1 is 0.958 bits per heavy atom. The third-order valence-corrected chi connectivity index (χ3v) is 3.84. The van der Waals surface area contributed by atoms with Crippen molar-refractivity contribution >= 4 is 21.9 Å². The smallest absolute Gasteiger partial charge is 0.235 e. The summed E-state index contributed by atoms with van der Waals surface area (Å²) in [4.78, 5) is 13.0. The number of furan rings is 1. The van der Waals surface area contributed by atoms with E-state index in [2.05, 4.69) is 0 Å². The highest BCUT2D eigenvalue weighted by molar-refractivity contribution is 6.02. The lowest BCUT2D eigenvalue weighted by molar-refractivity contribution is 0.236. The van der Waals surface area contributed by atoms with E-state index in [1.807, 2.05) is 44.2 Å². The first-order valence-corrected chi connectivity index (χ1v) is 7.84. The topological polar surface area (TPSA) is 52.6 Å². The lowest BCUT2D eigenvalue weighted by Crippen LogP contribution is -2.15. The van der Waals surface area contributed by atoms with Crippen molar-refractivity contribution in [2.75, 3.05) is 0 Å². The van der Waals surface area contributed by atoms with Crippen molar-refractivity contribution in [3.8, 4) is 17.1 Å². The highest BCUT2D eigenvalue weighted by atomic mass is 16.5. The van der Waals surface area contributed by atoms with Gasteiger partial charge in [-0.2, -0.15) is 0 Å². The van der Waals surface area contributed by atoms with Gasteiger partial charge in [0.05, 0.1) is 23.1 Å². The summed E-state index contributed by atoms with van der Waals surface area (Å²) in [5.74, 6) is 0.682. The maximum Gasteiger partial charge on any atom is 0.235 e. The first-order chi connectivity index (χ1) is 11.6. The molecule has 4 heteroatoms. The molecule has 0 saturated carbocycles. The Labute approximate surface area is 138 Å². The van der Waals surface area contributed by atoms with Gasteiger partial charge in [-0.05, 0) is 32.0 Å². The minimum Gasteiger partial charge on any atom is -0.484 e. The molecular weight excluding hydrogens is 304 g/mol. The Kier molecular flexibility index (Phi) is 3.38. The van der Waals surface area contributed by atoms with Gasteiger partial charge in [0.25, 0.3) is 0 Å². The molecule has 0 saturated heterocycles. The molecular formula is C20H16O4. The van der Waals surface area contributed by atoms with Gasteiger partial charge in [-0.15, -0.1) is 0 Å². The van der Waals surface area contributed by atoms with Crippen LogP contribution in [0.2, 0.25) is 0 Å². The second-order valence-corrected chi connectivity index (χ2v) is 5.90. The van der Waals surface area contributed by atoms with Crippen LogP contribution in [-0.4, -0.2) is 6.10 Å². The molecule has 0 spiro atoms. The first kappa shape index (κ1) is 14.6. The van der Waals surface area contributed by atoms with Crippen LogP contribution in [0.3, 0.4) is 0 Å². The minimum atomic E-state index is -0.174. The summed E-state index contributed by atoms with van der Waals surface area (Å²) in [5.41, 5.74) is 1.82. The number of hydrogen-bond donors (Lipinski definition) is 0. The van der Waals surface area contributed by atoms with E-state index in [0.717, 1.165) is 10.9 Å². The number of benzene rings is 2. The maximum absolute atomic E-state index is 13.0. The molecule has 2 aromatic heterocycles. The van der Waals surface area contributed by atoms with Gasteiger partial charge >= 0.3 is 0 Å². The van der Waals surface area contributed by atoms with Crippen LogP contribution in [0.4, 0.5) is 0 Å². The first-order valence-electron chi connectivity index (χ1n) is 7.84. The molecule has 0 aliphatic heterocycles. The highest BCUT2D eigenvalue weighted by Gasteiger charge is 2.20. The van der Waals surface area contributed by atoms with E-state index in [1.165, 1.54) is 0 Å². The molecule has 2 aromatic carbocycles. The van der Waals surface area contributed by atoms with Crippen molar-refractivity contribution in [1.82, 2.24) is 0 Å². The van der Waals surface area contributed by atoms with Gasteiger partial charge in [-0.3, -0.25) is 4.79 Å². The zero-order valence-electron chi connectivity index (χ0n) is 13.4. The molecule has 4 aromatic rings. The van der Waals surface area contributed by atoms with Crippen LogP contribution < -0.4 is 10.2 Å². The SMILES string of the molecule is CC(C)Oc1c(-c2ccccc2)oc2c(ccc3occc32)c1=O. The molecule has 0 atom stereocenters. The quantitative estimate of drug-likeness (QED) is 0.533. The Morgan fingerprint density at radius 2 is 1.75 bits per heavy atom. The molecule has 0 aliphatic rings. The van der Waals surface area contributed by atoms with Gasteiger partial charge in [0.1, 0.15) is 11.2 Å². The average Bonchev–Trinajstić information content (AvgIpc) is 3.06.